The van der Waals surface area contributed by atoms with E-state index in [1.807, 2.05) is 0 Å². The second kappa shape index (κ2) is 34.3. The normalized spacial score (nSPS) is 22.7. The molecule has 0 aliphatic heterocycles. The Morgan fingerprint density at radius 3 is 1.35 bits per heavy atom. The summed E-state index contributed by atoms with van der Waals surface area (Å²) in [5.74, 6) is -1.10. The summed E-state index contributed by atoms with van der Waals surface area (Å²) in [4.78, 5) is 35.6. The molecule has 13 nitrogen and oxygen atoms in total. The van der Waals surface area contributed by atoms with Crippen molar-refractivity contribution in [1.29, 1.82) is 0 Å². The van der Waals surface area contributed by atoms with Gasteiger partial charge in [0.25, 0.3) is 0 Å². The van der Waals surface area contributed by atoms with Gasteiger partial charge >= 0.3 is 19.8 Å². The summed E-state index contributed by atoms with van der Waals surface area (Å²) in [6.45, 7) is 3.28. The third kappa shape index (κ3) is 27.1. The minimum absolute atomic E-state index is 0.100. The van der Waals surface area contributed by atoms with Crippen LogP contribution in [0.5, 0.6) is 0 Å². The fourth-order valence-electron chi connectivity index (χ4n) is 6.93. The molecular weight excluding hydrogens is 755 g/mol. The molecule has 0 spiro atoms. The number of carbonyl (C=O) groups is 2. The van der Waals surface area contributed by atoms with E-state index in [2.05, 4.69) is 26.0 Å². The Hall–Kier alpha value is -1.41. The Kier molecular flexibility index (Phi) is 32.3. The van der Waals surface area contributed by atoms with Crippen LogP contribution in [-0.2, 0) is 32.7 Å². The minimum atomic E-state index is -5.11. The summed E-state index contributed by atoms with van der Waals surface area (Å²) in [6, 6.07) is 0. The van der Waals surface area contributed by atoms with Crippen LogP contribution in [-0.4, -0.2) is 98.3 Å². The van der Waals surface area contributed by atoms with Gasteiger partial charge in [0.2, 0.25) is 0 Å². The van der Waals surface area contributed by atoms with Crippen molar-refractivity contribution in [1.82, 2.24) is 0 Å². The number of phosphoric ester groups is 1. The molecule has 1 rings (SSSR count). The standard InChI is InChI=1S/C43H81O13P/c1-3-5-7-9-11-13-15-17-18-20-22-24-26-28-30-32-37(45)55-35(34-54-57(51,52)56-43-41(49)39(47)38(46)40(48)42(43)50)33-53-36(44)31-29-27-25-23-21-19-16-14-12-10-8-6-4-2/h14,16,35,38-43,46-50H,3-13,15,17-34H2,1-2H3,(H,51,52)/b16-14+/t35-,38?,39-,40?,41?,42?,43?/m1/s1. The zero-order chi connectivity index (χ0) is 42.2. The molecule has 0 saturated heterocycles. The first-order valence-corrected chi connectivity index (χ1v) is 24.0. The van der Waals surface area contributed by atoms with Crippen LogP contribution in [0.1, 0.15) is 194 Å². The molecule has 1 aliphatic rings. The maximum absolute atomic E-state index is 12.8. The van der Waals surface area contributed by atoms with E-state index in [1.165, 1.54) is 96.3 Å². The molecule has 0 radical (unpaired) electrons. The number of phosphoric acid groups is 1. The molecule has 57 heavy (non-hydrogen) atoms. The van der Waals surface area contributed by atoms with E-state index in [9.17, 15) is 44.6 Å². The predicted molar refractivity (Wildman–Crippen MR) is 221 cm³/mol. The summed E-state index contributed by atoms with van der Waals surface area (Å²) in [6.07, 6.45) is 21.3. The Bertz CT molecular complexity index is 1060. The van der Waals surface area contributed by atoms with Crippen molar-refractivity contribution >= 4 is 19.8 Å². The number of carbonyl (C=O) groups excluding carboxylic acids is 2. The summed E-state index contributed by atoms with van der Waals surface area (Å²) in [5, 5.41) is 50.1. The molecule has 0 aromatic carbocycles. The van der Waals surface area contributed by atoms with Crippen molar-refractivity contribution in [2.45, 2.75) is 236 Å². The summed E-state index contributed by atoms with van der Waals surface area (Å²) >= 11 is 0. The lowest BCUT2D eigenvalue weighted by Crippen LogP contribution is -2.64. The first kappa shape index (κ1) is 53.6. The Balaban J connectivity index is 2.47. The van der Waals surface area contributed by atoms with Gasteiger partial charge in [-0.1, -0.05) is 154 Å². The van der Waals surface area contributed by atoms with Crippen molar-refractivity contribution in [3.63, 3.8) is 0 Å². The van der Waals surface area contributed by atoms with Gasteiger partial charge in [-0.3, -0.25) is 18.6 Å². The highest BCUT2D eigenvalue weighted by molar-refractivity contribution is 7.47. The third-order valence-electron chi connectivity index (χ3n) is 10.6. The van der Waals surface area contributed by atoms with Gasteiger partial charge < -0.3 is 39.9 Å². The van der Waals surface area contributed by atoms with E-state index in [0.29, 0.717) is 12.8 Å². The van der Waals surface area contributed by atoms with Gasteiger partial charge in [0.15, 0.2) is 6.10 Å². The molecule has 14 heteroatoms. The lowest BCUT2D eigenvalue weighted by Gasteiger charge is -2.41. The predicted octanol–water partition coefficient (Wildman–Crippen LogP) is 8.28. The number of aliphatic hydroxyl groups excluding tert-OH is 5. The fraction of sp³-hybridized carbons (Fsp3) is 0.907. The number of hydrogen-bond acceptors (Lipinski definition) is 12. The van der Waals surface area contributed by atoms with Crippen LogP contribution in [0, 0.1) is 0 Å². The summed E-state index contributed by atoms with van der Waals surface area (Å²) in [7, 11) is -5.11. The van der Waals surface area contributed by atoms with Crippen molar-refractivity contribution < 1.29 is 63.1 Å². The minimum Gasteiger partial charge on any atom is -0.462 e. The Morgan fingerprint density at radius 2 is 0.895 bits per heavy atom. The highest BCUT2D eigenvalue weighted by Crippen LogP contribution is 2.47. The van der Waals surface area contributed by atoms with Crippen LogP contribution in [0.3, 0.4) is 0 Å². The van der Waals surface area contributed by atoms with Crippen LogP contribution in [0.15, 0.2) is 12.2 Å². The number of ether oxygens (including phenoxy) is 2. The van der Waals surface area contributed by atoms with E-state index in [-0.39, 0.29) is 12.8 Å². The van der Waals surface area contributed by atoms with E-state index in [0.717, 1.165) is 57.8 Å². The Labute approximate surface area is 343 Å². The number of unbranched alkanes of at least 4 members (excludes halogenated alkanes) is 23. The summed E-state index contributed by atoms with van der Waals surface area (Å²) in [5.41, 5.74) is 0. The van der Waals surface area contributed by atoms with E-state index < -0.39 is 75.7 Å². The summed E-state index contributed by atoms with van der Waals surface area (Å²) < 4.78 is 33.5. The van der Waals surface area contributed by atoms with Gasteiger partial charge in [-0.25, -0.2) is 4.57 Å². The van der Waals surface area contributed by atoms with Crippen LogP contribution < -0.4 is 0 Å². The van der Waals surface area contributed by atoms with Gasteiger partial charge in [-0.05, 0) is 38.5 Å². The first-order chi connectivity index (χ1) is 27.4. The van der Waals surface area contributed by atoms with E-state index >= 15 is 0 Å². The highest BCUT2D eigenvalue weighted by atomic mass is 31.2. The molecule has 0 aromatic rings. The van der Waals surface area contributed by atoms with Gasteiger partial charge in [-0.2, -0.15) is 0 Å². The molecule has 1 saturated carbocycles. The average molecular weight is 837 g/mol. The van der Waals surface area contributed by atoms with E-state index in [1.54, 1.807) is 0 Å². The molecule has 1 fully saturated rings. The van der Waals surface area contributed by atoms with Crippen molar-refractivity contribution in [2.24, 2.45) is 0 Å². The third-order valence-corrected chi connectivity index (χ3v) is 11.6. The molecule has 0 bridgehead atoms. The van der Waals surface area contributed by atoms with Crippen LogP contribution >= 0.6 is 7.82 Å². The zero-order valence-electron chi connectivity index (χ0n) is 35.4. The molecule has 0 aromatic heterocycles. The molecule has 8 atom stereocenters. The van der Waals surface area contributed by atoms with Gasteiger partial charge in [-0.15, -0.1) is 0 Å². The zero-order valence-corrected chi connectivity index (χ0v) is 36.3. The smallest absolute Gasteiger partial charge is 0.462 e. The van der Waals surface area contributed by atoms with Crippen LogP contribution in [0.2, 0.25) is 0 Å². The van der Waals surface area contributed by atoms with Crippen molar-refractivity contribution in [3.05, 3.63) is 12.2 Å². The SMILES string of the molecule is CCCCCC/C=C/CCCCCCCC(=O)OC[C@H](COP(=O)(O)OC1C(O)C(O)C(O)[C@@H](O)C1O)OC(=O)CCCCCCCCCCCCCCCCC. The lowest BCUT2D eigenvalue weighted by atomic mass is 9.85. The van der Waals surface area contributed by atoms with Crippen LogP contribution in [0.25, 0.3) is 0 Å². The average Bonchev–Trinajstić information content (AvgIpc) is 3.19. The fourth-order valence-corrected chi connectivity index (χ4v) is 7.90. The number of aliphatic hydroxyl groups is 5. The van der Waals surface area contributed by atoms with Crippen LogP contribution in [0.4, 0.5) is 0 Å². The van der Waals surface area contributed by atoms with Crippen molar-refractivity contribution in [3.8, 4) is 0 Å². The van der Waals surface area contributed by atoms with E-state index in [4.69, 9.17) is 18.5 Å². The highest BCUT2D eigenvalue weighted by Gasteiger charge is 2.51. The maximum atomic E-state index is 12.8. The number of allylic oxidation sites excluding steroid dienone is 2. The number of esters is 2. The number of hydrogen-bond donors (Lipinski definition) is 6. The molecule has 6 N–H and O–H groups in total. The molecule has 1 aliphatic carbocycles. The van der Waals surface area contributed by atoms with Gasteiger partial charge in [0.05, 0.1) is 6.61 Å². The van der Waals surface area contributed by atoms with Crippen molar-refractivity contribution in [2.75, 3.05) is 13.2 Å². The quantitative estimate of drug-likeness (QED) is 0.0151. The monoisotopic (exact) mass is 837 g/mol. The second-order valence-electron chi connectivity index (χ2n) is 15.9. The molecule has 0 heterocycles. The number of rotatable bonds is 37. The molecule has 0 amide bonds. The maximum Gasteiger partial charge on any atom is 0.472 e. The lowest BCUT2D eigenvalue weighted by molar-refractivity contribution is -0.220. The van der Waals surface area contributed by atoms with Gasteiger partial charge in [0, 0.05) is 12.8 Å². The molecule has 336 valence electrons. The largest absolute Gasteiger partial charge is 0.472 e. The topological polar surface area (TPSA) is 210 Å². The second-order valence-corrected chi connectivity index (χ2v) is 17.3. The Morgan fingerprint density at radius 1 is 0.526 bits per heavy atom. The first-order valence-electron chi connectivity index (χ1n) is 22.5. The molecular formula is C43H81O13P. The van der Waals surface area contributed by atoms with Gasteiger partial charge in [0.1, 0.15) is 43.2 Å². The molecule has 6 unspecified atom stereocenters.